The van der Waals surface area contributed by atoms with Gasteiger partial charge in [-0.15, -0.1) is 23.7 Å². The van der Waals surface area contributed by atoms with E-state index in [0.717, 1.165) is 29.3 Å². The molecule has 1 aliphatic rings. The van der Waals surface area contributed by atoms with Crippen LogP contribution < -0.4 is 10.6 Å². The Morgan fingerprint density at radius 2 is 2.44 bits per heavy atom. The fourth-order valence-electron chi connectivity index (χ4n) is 2.09. The SMILES string of the molecule is Cc1ncc(CNC(=O)C2CC(C)CCN2)s1.Cl. The number of hydrogen-bond donors (Lipinski definition) is 2. The van der Waals surface area contributed by atoms with Crippen molar-refractivity contribution >= 4 is 29.7 Å². The highest BCUT2D eigenvalue weighted by Gasteiger charge is 2.24. The first-order chi connectivity index (χ1) is 8.15. The molecule has 2 rings (SSSR count). The summed E-state index contributed by atoms with van der Waals surface area (Å²) in [4.78, 5) is 17.2. The lowest BCUT2D eigenvalue weighted by molar-refractivity contribution is -0.124. The fourth-order valence-corrected chi connectivity index (χ4v) is 2.83. The number of hydrogen-bond acceptors (Lipinski definition) is 4. The monoisotopic (exact) mass is 289 g/mol. The van der Waals surface area contributed by atoms with Gasteiger partial charge in [-0.2, -0.15) is 0 Å². The molecular weight excluding hydrogens is 270 g/mol. The lowest BCUT2D eigenvalue weighted by Crippen LogP contribution is -2.48. The zero-order valence-corrected chi connectivity index (χ0v) is 12.4. The first kappa shape index (κ1) is 15.4. The number of halogens is 1. The highest BCUT2D eigenvalue weighted by molar-refractivity contribution is 7.11. The Morgan fingerprint density at radius 3 is 3.06 bits per heavy atom. The summed E-state index contributed by atoms with van der Waals surface area (Å²) in [5.41, 5.74) is 0. The van der Waals surface area contributed by atoms with Gasteiger partial charge in [0.1, 0.15) is 0 Å². The van der Waals surface area contributed by atoms with Gasteiger partial charge in [0.05, 0.1) is 17.6 Å². The molecule has 4 nitrogen and oxygen atoms in total. The van der Waals surface area contributed by atoms with Crippen LogP contribution in [0.2, 0.25) is 0 Å². The quantitative estimate of drug-likeness (QED) is 0.893. The number of amides is 1. The zero-order chi connectivity index (χ0) is 12.3. The summed E-state index contributed by atoms with van der Waals surface area (Å²) in [6.07, 6.45) is 3.93. The van der Waals surface area contributed by atoms with Gasteiger partial charge in [0.2, 0.25) is 5.91 Å². The van der Waals surface area contributed by atoms with E-state index in [0.29, 0.717) is 12.5 Å². The maximum atomic E-state index is 11.9. The van der Waals surface area contributed by atoms with E-state index in [1.54, 1.807) is 11.3 Å². The lowest BCUT2D eigenvalue weighted by atomic mass is 9.94. The number of aryl methyl sites for hydroxylation is 1. The van der Waals surface area contributed by atoms with Crippen LogP contribution in [0.3, 0.4) is 0 Å². The van der Waals surface area contributed by atoms with Crippen molar-refractivity contribution in [3.63, 3.8) is 0 Å². The second-order valence-corrected chi connectivity index (χ2v) is 6.02. The highest BCUT2D eigenvalue weighted by atomic mass is 35.5. The number of piperidine rings is 1. The van der Waals surface area contributed by atoms with Gasteiger partial charge < -0.3 is 10.6 Å². The van der Waals surface area contributed by atoms with E-state index in [9.17, 15) is 4.79 Å². The number of nitrogens with one attached hydrogen (secondary N) is 2. The smallest absolute Gasteiger partial charge is 0.237 e. The molecule has 0 bridgehead atoms. The number of nitrogens with zero attached hydrogens (tertiary/aromatic N) is 1. The van der Waals surface area contributed by atoms with Crippen LogP contribution >= 0.6 is 23.7 Å². The van der Waals surface area contributed by atoms with E-state index >= 15 is 0 Å². The number of rotatable bonds is 3. The molecule has 1 aliphatic heterocycles. The zero-order valence-electron chi connectivity index (χ0n) is 10.7. The van der Waals surface area contributed by atoms with Crippen LogP contribution in [0.25, 0.3) is 0 Å². The molecule has 1 aromatic heterocycles. The largest absolute Gasteiger partial charge is 0.350 e. The molecule has 102 valence electrons. The molecule has 1 fully saturated rings. The summed E-state index contributed by atoms with van der Waals surface area (Å²) < 4.78 is 0. The van der Waals surface area contributed by atoms with Crippen molar-refractivity contribution < 1.29 is 4.79 Å². The molecule has 1 aromatic rings. The minimum absolute atomic E-state index is 0. The van der Waals surface area contributed by atoms with Gasteiger partial charge in [0.15, 0.2) is 0 Å². The van der Waals surface area contributed by atoms with Gasteiger partial charge in [0.25, 0.3) is 0 Å². The van der Waals surface area contributed by atoms with Crippen LogP contribution in [-0.4, -0.2) is 23.5 Å². The van der Waals surface area contributed by atoms with E-state index in [2.05, 4.69) is 22.5 Å². The number of thiazole rings is 1. The number of carbonyl (C=O) groups excluding carboxylic acids is 1. The van der Waals surface area contributed by atoms with Gasteiger partial charge >= 0.3 is 0 Å². The molecule has 18 heavy (non-hydrogen) atoms. The van der Waals surface area contributed by atoms with Crippen LogP contribution in [0.5, 0.6) is 0 Å². The highest BCUT2D eigenvalue weighted by Crippen LogP contribution is 2.15. The normalized spacial score (nSPS) is 23.2. The molecule has 2 N–H and O–H groups in total. The predicted octanol–water partition coefficient (Wildman–Crippen LogP) is 1.88. The summed E-state index contributed by atoms with van der Waals surface area (Å²) in [5, 5.41) is 7.28. The third kappa shape index (κ3) is 4.23. The van der Waals surface area contributed by atoms with Gasteiger partial charge in [0, 0.05) is 11.1 Å². The van der Waals surface area contributed by atoms with Crippen molar-refractivity contribution in [2.24, 2.45) is 5.92 Å². The standard InChI is InChI=1S/C12H19N3OS.ClH/c1-8-3-4-13-11(5-8)12(16)15-7-10-6-14-9(2)17-10;/h6,8,11,13H,3-5,7H2,1-2H3,(H,15,16);1H. The predicted molar refractivity (Wildman–Crippen MR) is 76.1 cm³/mol. The molecule has 2 heterocycles. The molecule has 1 amide bonds. The first-order valence-electron chi connectivity index (χ1n) is 6.07. The maximum Gasteiger partial charge on any atom is 0.237 e. The van der Waals surface area contributed by atoms with Gasteiger partial charge in [-0.05, 0) is 32.2 Å². The molecule has 2 atom stereocenters. The Morgan fingerprint density at radius 1 is 1.67 bits per heavy atom. The van der Waals surface area contributed by atoms with Crippen molar-refractivity contribution in [3.05, 3.63) is 16.1 Å². The fraction of sp³-hybridized carbons (Fsp3) is 0.667. The Bertz CT molecular complexity index is 396. The molecular formula is C12H20ClN3OS. The molecule has 1 saturated heterocycles. The summed E-state index contributed by atoms with van der Waals surface area (Å²) in [7, 11) is 0. The van der Waals surface area contributed by atoms with Crippen molar-refractivity contribution in [1.29, 1.82) is 0 Å². The molecule has 2 unspecified atom stereocenters. The van der Waals surface area contributed by atoms with E-state index in [1.165, 1.54) is 0 Å². The third-order valence-corrected chi connectivity index (χ3v) is 4.00. The average molecular weight is 290 g/mol. The summed E-state index contributed by atoms with van der Waals surface area (Å²) >= 11 is 1.63. The summed E-state index contributed by atoms with van der Waals surface area (Å²) in [6.45, 7) is 5.71. The van der Waals surface area contributed by atoms with Gasteiger partial charge in [-0.1, -0.05) is 6.92 Å². The molecule has 0 radical (unpaired) electrons. The van der Waals surface area contributed by atoms with Crippen LogP contribution in [0.1, 0.15) is 29.7 Å². The molecule has 6 heteroatoms. The van der Waals surface area contributed by atoms with Crippen LogP contribution in [0, 0.1) is 12.8 Å². The minimum atomic E-state index is -0.0206. The van der Waals surface area contributed by atoms with E-state index < -0.39 is 0 Å². The Labute approximate surface area is 118 Å². The summed E-state index contributed by atoms with van der Waals surface area (Å²) in [5.74, 6) is 0.750. The topological polar surface area (TPSA) is 54.0 Å². The lowest BCUT2D eigenvalue weighted by Gasteiger charge is -2.27. The van der Waals surface area contributed by atoms with Gasteiger partial charge in [-0.3, -0.25) is 4.79 Å². The summed E-state index contributed by atoms with van der Waals surface area (Å²) in [6, 6.07) is -0.0206. The number of aromatic nitrogens is 1. The van der Waals surface area contributed by atoms with Crippen molar-refractivity contribution in [3.8, 4) is 0 Å². The van der Waals surface area contributed by atoms with Crippen molar-refractivity contribution in [2.75, 3.05) is 6.54 Å². The second kappa shape index (κ2) is 7.07. The minimum Gasteiger partial charge on any atom is -0.350 e. The van der Waals surface area contributed by atoms with Crippen molar-refractivity contribution in [2.45, 2.75) is 39.3 Å². The van der Waals surface area contributed by atoms with E-state index in [1.807, 2.05) is 13.1 Å². The maximum absolute atomic E-state index is 11.9. The Hall–Kier alpha value is -0.650. The van der Waals surface area contributed by atoms with E-state index in [-0.39, 0.29) is 24.4 Å². The van der Waals surface area contributed by atoms with Crippen LogP contribution in [-0.2, 0) is 11.3 Å². The molecule has 0 aromatic carbocycles. The Balaban J connectivity index is 0.00000162. The number of carbonyl (C=O) groups is 1. The average Bonchev–Trinajstić information content (AvgIpc) is 2.72. The molecule has 0 aliphatic carbocycles. The van der Waals surface area contributed by atoms with Crippen LogP contribution in [0.4, 0.5) is 0 Å². The van der Waals surface area contributed by atoms with Gasteiger partial charge in [-0.25, -0.2) is 4.98 Å². The van der Waals surface area contributed by atoms with Crippen LogP contribution in [0.15, 0.2) is 6.20 Å². The molecule has 0 saturated carbocycles. The van der Waals surface area contributed by atoms with Crippen molar-refractivity contribution in [1.82, 2.24) is 15.6 Å². The Kier molecular flexibility index (Phi) is 6.05. The first-order valence-corrected chi connectivity index (χ1v) is 6.89. The third-order valence-electron chi connectivity index (χ3n) is 3.09. The van der Waals surface area contributed by atoms with E-state index in [4.69, 9.17) is 0 Å². The molecule has 0 spiro atoms. The second-order valence-electron chi connectivity index (χ2n) is 4.70.